The van der Waals surface area contributed by atoms with Gasteiger partial charge in [0.05, 0.1) is 0 Å². The van der Waals surface area contributed by atoms with E-state index in [9.17, 15) is 9.59 Å². The van der Waals surface area contributed by atoms with Crippen molar-refractivity contribution in [2.24, 2.45) is 11.1 Å². The second kappa shape index (κ2) is 6.89. The van der Waals surface area contributed by atoms with Gasteiger partial charge in [0.25, 0.3) is 0 Å². The Kier molecular flexibility index (Phi) is 5.79. The molecule has 0 spiro atoms. The van der Waals surface area contributed by atoms with Crippen LogP contribution in [-0.4, -0.2) is 41.0 Å². The Morgan fingerprint density at radius 3 is 2.26 bits per heavy atom. The summed E-state index contributed by atoms with van der Waals surface area (Å²) in [4.78, 5) is 24.6. The third kappa shape index (κ3) is 4.49. The van der Waals surface area contributed by atoms with Crippen LogP contribution in [0.1, 0.15) is 52.4 Å². The molecule has 1 amide bonds. The van der Waals surface area contributed by atoms with Gasteiger partial charge in [-0.3, -0.25) is 9.59 Å². The Morgan fingerprint density at radius 2 is 1.84 bits per heavy atom. The second-order valence-corrected chi connectivity index (χ2v) is 5.95. The van der Waals surface area contributed by atoms with Crippen LogP contribution in [0.4, 0.5) is 0 Å². The van der Waals surface area contributed by atoms with Gasteiger partial charge in [-0.25, -0.2) is 0 Å². The SMILES string of the molecule is CC(C)N(CC(=O)O)C(=O)CC1(CN)CCCCC1. The molecule has 0 atom stereocenters. The van der Waals surface area contributed by atoms with Gasteiger partial charge in [-0.1, -0.05) is 19.3 Å². The lowest BCUT2D eigenvalue weighted by atomic mass is 9.71. The van der Waals surface area contributed by atoms with Crippen LogP contribution in [0.25, 0.3) is 0 Å². The zero-order valence-corrected chi connectivity index (χ0v) is 12.0. The van der Waals surface area contributed by atoms with Crippen molar-refractivity contribution in [3.8, 4) is 0 Å². The van der Waals surface area contributed by atoms with Gasteiger partial charge in [0, 0.05) is 12.5 Å². The Balaban J connectivity index is 2.71. The van der Waals surface area contributed by atoms with Crippen LogP contribution in [0, 0.1) is 5.41 Å². The molecule has 0 bridgehead atoms. The first-order valence-electron chi connectivity index (χ1n) is 7.11. The first kappa shape index (κ1) is 16.0. The van der Waals surface area contributed by atoms with E-state index >= 15 is 0 Å². The molecule has 5 nitrogen and oxygen atoms in total. The fourth-order valence-electron chi connectivity index (χ4n) is 2.88. The highest BCUT2D eigenvalue weighted by Crippen LogP contribution is 2.38. The van der Waals surface area contributed by atoms with Gasteiger partial charge in [0.15, 0.2) is 0 Å². The van der Waals surface area contributed by atoms with Crippen LogP contribution >= 0.6 is 0 Å². The summed E-state index contributed by atoms with van der Waals surface area (Å²) in [7, 11) is 0. The quantitative estimate of drug-likeness (QED) is 0.768. The molecule has 0 saturated heterocycles. The maximum absolute atomic E-state index is 12.4. The molecule has 1 aliphatic rings. The molecule has 5 heteroatoms. The molecule has 0 aromatic heterocycles. The summed E-state index contributed by atoms with van der Waals surface area (Å²) in [5.41, 5.74) is 5.77. The Morgan fingerprint density at radius 1 is 1.26 bits per heavy atom. The van der Waals surface area contributed by atoms with E-state index in [1.54, 1.807) is 0 Å². The maximum atomic E-state index is 12.4. The molecule has 1 aliphatic carbocycles. The number of carboxylic acids is 1. The van der Waals surface area contributed by atoms with Crippen LogP contribution < -0.4 is 5.73 Å². The van der Waals surface area contributed by atoms with Crippen LogP contribution in [0.15, 0.2) is 0 Å². The average Bonchev–Trinajstić information content (AvgIpc) is 2.36. The monoisotopic (exact) mass is 270 g/mol. The van der Waals surface area contributed by atoms with Crippen LogP contribution in [0.5, 0.6) is 0 Å². The van der Waals surface area contributed by atoms with E-state index in [-0.39, 0.29) is 23.9 Å². The lowest BCUT2D eigenvalue weighted by Gasteiger charge is -2.37. The Bertz CT molecular complexity index is 323. The zero-order chi connectivity index (χ0) is 14.5. The highest BCUT2D eigenvalue weighted by atomic mass is 16.4. The van der Waals surface area contributed by atoms with Gasteiger partial charge in [0.2, 0.25) is 5.91 Å². The van der Waals surface area contributed by atoms with Crippen molar-refractivity contribution in [3.63, 3.8) is 0 Å². The van der Waals surface area contributed by atoms with E-state index in [4.69, 9.17) is 10.8 Å². The van der Waals surface area contributed by atoms with Crippen LogP contribution in [0.2, 0.25) is 0 Å². The minimum absolute atomic E-state index is 0.0789. The summed E-state index contributed by atoms with van der Waals surface area (Å²) < 4.78 is 0. The zero-order valence-electron chi connectivity index (χ0n) is 12.0. The van der Waals surface area contributed by atoms with E-state index in [1.165, 1.54) is 11.3 Å². The third-order valence-corrected chi connectivity index (χ3v) is 4.12. The normalized spacial score (nSPS) is 18.3. The molecule has 0 heterocycles. The molecule has 3 N–H and O–H groups in total. The second-order valence-electron chi connectivity index (χ2n) is 5.95. The van der Waals surface area contributed by atoms with E-state index in [1.807, 2.05) is 13.8 Å². The van der Waals surface area contributed by atoms with Crippen LogP contribution in [0.3, 0.4) is 0 Å². The van der Waals surface area contributed by atoms with Crippen molar-refractivity contribution in [2.45, 2.75) is 58.4 Å². The molecular weight excluding hydrogens is 244 g/mol. The van der Waals surface area contributed by atoms with Crippen molar-refractivity contribution in [1.29, 1.82) is 0 Å². The first-order chi connectivity index (χ1) is 8.90. The van der Waals surface area contributed by atoms with Crippen molar-refractivity contribution in [1.82, 2.24) is 4.90 Å². The van der Waals surface area contributed by atoms with Crippen molar-refractivity contribution >= 4 is 11.9 Å². The number of amides is 1. The fraction of sp³-hybridized carbons (Fsp3) is 0.857. The minimum atomic E-state index is -0.965. The minimum Gasteiger partial charge on any atom is -0.480 e. The average molecular weight is 270 g/mol. The molecule has 0 radical (unpaired) electrons. The molecule has 0 aliphatic heterocycles. The lowest BCUT2D eigenvalue weighted by Crippen LogP contribution is -2.45. The molecule has 19 heavy (non-hydrogen) atoms. The van der Waals surface area contributed by atoms with Crippen molar-refractivity contribution in [2.75, 3.05) is 13.1 Å². The smallest absolute Gasteiger partial charge is 0.323 e. The van der Waals surface area contributed by atoms with Gasteiger partial charge >= 0.3 is 5.97 Å². The number of nitrogens with zero attached hydrogens (tertiary/aromatic N) is 1. The largest absolute Gasteiger partial charge is 0.480 e. The summed E-state index contributed by atoms with van der Waals surface area (Å²) in [5.74, 6) is -1.04. The van der Waals surface area contributed by atoms with Gasteiger partial charge in [0.1, 0.15) is 6.54 Å². The fourth-order valence-corrected chi connectivity index (χ4v) is 2.88. The molecular formula is C14H26N2O3. The topological polar surface area (TPSA) is 83.6 Å². The number of hydrogen-bond acceptors (Lipinski definition) is 3. The molecule has 0 aromatic rings. The summed E-state index contributed by atoms with van der Waals surface area (Å²) in [6.07, 6.45) is 5.78. The Hall–Kier alpha value is -1.10. The van der Waals surface area contributed by atoms with E-state index in [2.05, 4.69) is 0 Å². The molecule has 1 rings (SSSR count). The molecule has 0 unspecified atom stereocenters. The van der Waals surface area contributed by atoms with Crippen molar-refractivity contribution < 1.29 is 14.7 Å². The van der Waals surface area contributed by atoms with Crippen LogP contribution in [-0.2, 0) is 9.59 Å². The number of carboxylic acid groups (broad SMARTS) is 1. The van der Waals surface area contributed by atoms with Gasteiger partial charge in [-0.15, -0.1) is 0 Å². The van der Waals surface area contributed by atoms with E-state index in [0.717, 1.165) is 25.7 Å². The predicted octanol–water partition coefficient (Wildman–Crippen LogP) is 1.61. The summed E-state index contributed by atoms with van der Waals surface area (Å²) in [6, 6.07) is -0.0954. The number of aliphatic carboxylic acids is 1. The maximum Gasteiger partial charge on any atom is 0.323 e. The number of carbonyl (C=O) groups is 2. The van der Waals surface area contributed by atoms with Gasteiger partial charge in [-0.2, -0.15) is 0 Å². The number of rotatable bonds is 6. The van der Waals surface area contributed by atoms with Gasteiger partial charge < -0.3 is 15.7 Å². The number of nitrogens with two attached hydrogens (primary N) is 1. The highest BCUT2D eigenvalue weighted by molar-refractivity contribution is 5.82. The third-order valence-electron chi connectivity index (χ3n) is 4.12. The Labute approximate surface area is 115 Å². The molecule has 0 aromatic carbocycles. The molecule has 1 fully saturated rings. The van der Waals surface area contributed by atoms with Gasteiger partial charge in [-0.05, 0) is 38.6 Å². The summed E-state index contributed by atoms with van der Waals surface area (Å²) in [5, 5.41) is 8.89. The van der Waals surface area contributed by atoms with E-state index < -0.39 is 5.97 Å². The van der Waals surface area contributed by atoms with Crippen molar-refractivity contribution in [3.05, 3.63) is 0 Å². The summed E-state index contributed by atoms with van der Waals surface area (Å²) in [6.45, 7) is 3.97. The summed E-state index contributed by atoms with van der Waals surface area (Å²) >= 11 is 0. The first-order valence-corrected chi connectivity index (χ1v) is 7.11. The number of hydrogen-bond donors (Lipinski definition) is 2. The molecule has 110 valence electrons. The molecule has 1 saturated carbocycles. The number of carbonyl (C=O) groups excluding carboxylic acids is 1. The predicted molar refractivity (Wildman–Crippen MR) is 73.7 cm³/mol. The lowest BCUT2D eigenvalue weighted by molar-refractivity contribution is -0.147. The highest BCUT2D eigenvalue weighted by Gasteiger charge is 2.35. The van der Waals surface area contributed by atoms with E-state index in [0.29, 0.717) is 13.0 Å². The standard InChI is InChI=1S/C14H26N2O3/c1-11(2)16(9-13(18)19)12(17)8-14(10-15)6-4-3-5-7-14/h11H,3-10,15H2,1-2H3,(H,18,19).